The third-order valence-electron chi connectivity index (χ3n) is 6.29. The quantitative estimate of drug-likeness (QED) is 0.539. The van der Waals surface area contributed by atoms with E-state index >= 15 is 0 Å². The number of aryl methyl sites for hydroxylation is 1. The molecule has 3 aromatic rings. The van der Waals surface area contributed by atoms with Gasteiger partial charge in [-0.15, -0.1) is 0 Å². The predicted octanol–water partition coefficient (Wildman–Crippen LogP) is 2.49. The lowest BCUT2D eigenvalue weighted by Crippen LogP contribution is -2.41. The maximum Gasteiger partial charge on any atom is 0.322 e. The molecule has 2 atom stereocenters. The first-order chi connectivity index (χ1) is 15.9. The molecule has 5 rings (SSSR count). The van der Waals surface area contributed by atoms with E-state index in [1.807, 2.05) is 36.5 Å². The highest BCUT2D eigenvalue weighted by Crippen LogP contribution is 2.25. The molecule has 8 nitrogen and oxygen atoms in total. The summed E-state index contributed by atoms with van der Waals surface area (Å²) in [5.41, 5.74) is 3.04. The summed E-state index contributed by atoms with van der Waals surface area (Å²) in [5.74, 6) is 0.128. The van der Waals surface area contributed by atoms with Crippen LogP contribution in [0.2, 0.25) is 0 Å². The lowest BCUT2D eigenvalue weighted by Gasteiger charge is -2.25. The normalized spacial score (nSPS) is 21.7. The van der Waals surface area contributed by atoms with Crippen LogP contribution in [-0.2, 0) is 23.2 Å². The predicted molar refractivity (Wildman–Crippen MR) is 121 cm³/mol. The second kappa shape index (κ2) is 8.12. The average Bonchev–Trinajstić information content (AvgIpc) is 3.11. The number of carbonyl (C=O) groups excluding carboxylic acids is 3. The van der Waals surface area contributed by atoms with Crippen molar-refractivity contribution in [1.82, 2.24) is 25.9 Å². The maximum absolute atomic E-state index is 12.8. The van der Waals surface area contributed by atoms with Crippen LogP contribution in [0.4, 0.5) is 4.79 Å². The van der Waals surface area contributed by atoms with Crippen LogP contribution >= 0.6 is 0 Å². The SMILES string of the molecule is CC1(c2ccc(C(=O)NC3CCc4nc(-c5ccccc5)ncc4C3)cc2)NC(=O)NC1=O. The first-order valence-electron chi connectivity index (χ1n) is 10.9. The van der Waals surface area contributed by atoms with Crippen LogP contribution in [-0.4, -0.2) is 33.9 Å². The van der Waals surface area contributed by atoms with E-state index in [1.54, 1.807) is 31.2 Å². The summed E-state index contributed by atoms with van der Waals surface area (Å²) in [4.78, 5) is 45.7. The molecule has 0 bridgehead atoms. The molecule has 0 saturated carbocycles. The van der Waals surface area contributed by atoms with Crippen LogP contribution < -0.4 is 16.0 Å². The van der Waals surface area contributed by atoms with Gasteiger partial charge >= 0.3 is 6.03 Å². The zero-order valence-electron chi connectivity index (χ0n) is 18.1. The topological polar surface area (TPSA) is 113 Å². The van der Waals surface area contributed by atoms with E-state index in [2.05, 4.69) is 20.9 Å². The van der Waals surface area contributed by atoms with Crippen LogP contribution in [0.3, 0.4) is 0 Å². The fourth-order valence-corrected chi connectivity index (χ4v) is 4.33. The van der Waals surface area contributed by atoms with Gasteiger partial charge in [0.15, 0.2) is 5.82 Å². The van der Waals surface area contributed by atoms with Crippen LogP contribution in [0.5, 0.6) is 0 Å². The van der Waals surface area contributed by atoms with E-state index in [0.29, 0.717) is 17.5 Å². The number of urea groups is 1. The number of imide groups is 1. The van der Waals surface area contributed by atoms with Gasteiger partial charge in [0.05, 0.1) is 0 Å². The van der Waals surface area contributed by atoms with Gasteiger partial charge in [0.25, 0.3) is 11.8 Å². The van der Waals surface area contributed by atoms with E-state index in [-0.39, 0.29) is 11.9 Å². The van der Waals surface area contributed by atoms with Gasteiger partial charge in [-0.05, 0) is 49.4 Å². The van der Waals surface area contributed by atoms with E-state index in [4.69, 9.17) is 4.98 Å². The van der Waals surface area contributed by atoms with Crippen molar-refractivity contribution in [1.29, 1.82) is 0 Å². The zero-order chi connectivity index (χ0) is 23.0. The molecule has 166 valence electrons. The van der Waals surface area contributed by atoms with Gasteiger partial charge in [-0.25, -0.2) is 14.8 Å². The van der Waals surface area contributed by atoms with Crippen molar-refractivity contribution in [3.8, 4) is 11.4 Å². The molecule has 1 saturated heterocycles. The summed E-state index contributed by atoms with van der Waals surface area (Å²) in [6, 6.07) is 16.1. The Kier molecular flexibility index (Phi) is 5.12. The average molecular weight is 441 g/mol. The summed E-state index contributed by atoms with van der Waals surface area (Å²) in [7, 11) is 0. The van der Waals surface area contributed by atoms with Crippen molar-refractivity contribution in [3.63, 3.8) is 0 Å². The molecular formula is C25H23N5O3. The molecule has 2 heterocycles. The Hall–Kier alpha value is -4.07. The second-order valence-corrected chi connectivity index (χ2v) is 8.56. The molecule has 1 aliphatic carbocycles. The van der Waals surface area contributed by atoms with Gasteiger partial charge in [-0.2, -0.15) is 0 Å². The van der Waals surface area contributed by atoms with E-state index in [9.17, 15) is 14.4 Å². The van der Waals surface area contributed by atoms with Crippen LogP contribution in [0, 0.1) is 0 Å². The highest BCUT2D eigenvalue weighted by Gasteiger charge is 2.43. The third kappa shape index (κ3) is 3.95. The number of nitrogens with zero attached hydrogens (tertiary/aromatic N) is 2. The molecule has 8 heteroatoms. The van der Waals surface area contributed by atoms with E-state index in [0.717, 1.165) is 35.5 Å². The summed E-state index contributed by atoms with van der Waals surface area (Å²) < 4.78 is 0. The van der Waals surface area contributed by atoms with Crippen LogP contribution in [0.15, 0.2) is 60.8 Å². The monoisotopic (exact) mass is 441 g/mol. The number of hydrogen-bond acceptors (Lipinski definition) is 5. The molecule has 2 aliphatic rings. The van der Waals surface area contributed by atoms with Crippen LogP contribution in [0.25, 0.3) is 11.4 Å². The van der Waals surface area contributed by atoms with Crippen molar-refractivity contribution >= 4 is 17.8 Å². The first-order valence-corrected chi connectivity index (χ1v) is 10.9. The smallest absolute Gasteiger partial charge is 0.322 e. The van der Waals surface area contributed by atoms with Gasteiger partial charge in [0.1, 0.15) is 5.54 Å². The van der Waals surface area contributed by atoms with Crippen molar-refractivity contribution in [3.05, 3.63) is 83.2 Å². The Morgan fingerprint density at radius 2 is 1.85 bits per heavy atom. The fourth-order valence-electron chi connectivity index (χ4n) is 4.33. The molecule has 2 unspecified atom stereocenters. The summed E-state index contributed by atoms with van der Waals surface area (Å²) in [6.07, 6.45) is 4.11. The van der Waals surface area contributed by atoms with Crippen LogP contribution in [0.1, 0.15) is 40.5 Å². The molecule has 0 spiro atoms. The summed E-state index contributed by atoms with van der Waals surface area (Å²) in [6.45, 7) is 1.63. The van der Waals surface area contributed by atoms with Crippen molar-refractivity contribution in [2.24, 2.45) is 0 Å². The molecular weight excluding hydrogens is 418 g/mol. The Morgan fingerprint density at radius 3 is 2.55 bits per heavy atom. The van der Waals surface area contributed by atoms with Gasteiger partial charge < -0.3 is 10.6 Å². The van der Waals surface area contributed by atoms with Gasteiger partial charge in [0, 0.05) is 29.1 Å². The summed E-state index contributed by atoms with van der Waals surface area (Å²) in [5, 5.41) is 7.96. The number of aromatic nitrogens is 2. The van der Waals surface area contributed by atoms with Crippen molar-refractivity contribution < 1.29 is 14.4 Å². The lowest BCUT2D eigenvalue weighted by atomic mass is 9.91. The molecule has 33 heavy (non-hydrogen) atoms. The van der Waals surface area contributed by atoms with Gasteiger partial charge in [-0.3, -0.25) is 14.9 Å². The maximum atomic E-state index is 12.8. The standard InChI is InChI=1S/C25H23N5O3/c1-25(23(32)29-24(33)30-25)18-9-7-16(8-10-18)22(31)27-19-11-12-20-17(13-19)14-26-21(28-20)15-5-3-2-4-6-15/h2-10,14,19H,11-13H2,1H3,(H,27,31)(H2,29,30,32,33). The number of benzene rings is 2. The Labute approximate surface area is 190 Å². The Morgan fingerprint density at radius 1 is 1.09 bits per heavy atom. The minimum atomic E-state index is -1.14. The second-order valence-electron chi connectivity index (χ2n) is 8.56. The number of amides is 4. The number of carbonyl (C=O) groups is 3. The molecule has 3 N–H and O–H groups in total. The molecule has 1 aromatic heterocycles. The number of fused-ring (bicyclic) bond motifs is 1. The molecule has 0 radical (unpaired) electrons. The van der Waals surface area contributed by atoms with Crippen molar-refractivity contribution in [2.45, 2.75) is 37.8 Å². The van der Waals surface area contributed by atoms with E-state index < -0.39 is 17.5 Å². The Bertz CT molecular complexity index is 1240. The Balaban J connectivity index is 1.25. The zero-order valence-corrected chi connectivity index (χ0v) is 18.1. The number of nitrogens with one attached hydrogen (secondary N) is 3. The minimum absolute atomic E-state index is 0.00623. The highest BCUT2D eigenvalue weighted by molar-refractivity contribution is 6.07. The van der Waals surface area contributed by atoms with Gasteiger partial charge in [0.2, 0.25) is 0 Å². The lowest BCUT2D eigenvalue weighted by molar-refractivity contribution is -0.123. The first kappa shape index (κ1) is 20.8. The van der Waals surface area contributed by atoms with Gasteiger partial charge in [-0.1, -0.05) is 42.5 Å². The number of hydrogen-bond donors (Lipinski definition) is 3. The number of rotatable bonds is 4. The molecule has 1 fully saturated rings. The van der Waals surface area contributed by atoms with E-state index in [1.165, 1.54) is 0 Å². The van der Waals surface area contributed by atoms with Crippen molar-refractivity contribution in [2.75, 3.05) is 0 Å². The summed E-state index contributed by atoms with van der Waals surface area (Å²) >= 11 is 0. The highest BCUT2D eigenvalue weighted by atomic mass is 16.2. The fraction of sp³-hybridized carbons (Fsp3) is 0.240. The molecule has 1 aliphatic heterocycles. The minimum Gasteiger partial charge on any atom is -0.349 e. The molecule has 4 amide bonds. The third-order valence-corrected chi connectivity index (χ3v) is 6.29. The molecule has 2 aromatic carbocycles. The largest absolute Gasteiger partial charge is 0.349 e.